The van der Waals surface area contributed by atoms with Gasteiger partial charge in [0.25, 0.3) is 0 Å². The molecule has 2 aliphatic rings. The third kappa shape index (κ3) is 3.12. The summed E-state index contributed by atoms with van der Waals surface area (Å²) >= 11 is 5.98. The van der Waals surface area contributed by atoms with Gasteiger partial charge in [-0.15, -0.1) is 0 Å². The summed E-state index contributed by atoms with van der Waals surface area (Å²) in [6, 6.07) is 4.19. The molecule has 2 aliphatic heterocycles. The lowest BCUT2D eigenvalue weighted by atomic mass is 9.96. The van der Waals surface area contributed by atoms with E-state index < -0.39 is 5.60 Å². The quantitative estimate of drug-likeness (QED) is 0.725. The van der Waals surface area contributed by atoms with Gasteiger partial charge in [-0.2, -0.15) is 0 Å². The Kier molecular flexibility index (Phi) is 3.89. The highest BCUT2D eigenvalue weighted by Gasteiger charge is 2.41. The second kappa shape index (κ2) is 5.58. The van der Waals surface area contributed by atoms with Crippen molar-refractivity contribution in [2.45, 2.75) is 57.7 Å². The first-order valence-corrected chi connectivity index (χ1v) is 8.05. The largest absolute Gasteiger partial charge is 0.444 e. The van der Waals surface area contributed by atoms with Gasteiger partial charge < -0.3 is 4.74 Å². The predicted octanol–water partition coefficient (Wildman–Crippen LogP) is 4.29. The molecule has 22 heavy (non-hydrogen) atoms. The second-order valence-electron chi connectivity index (χ2n) is 6.95. The molecule has 0 aliphatic carbocycles. The molecule has 3 rings (SSSR count). The minimum absolute atomic E-state index is 0.121. The number of hydrogen-bond acceptors (Lipinski definition) is 3. The van der Waals surface area contributed by atoms with Crippen LogP contribution >= 0.6 is 11.6 Å². The van der Waals surface area contributed by atoms with Crippen molar-refractivity contribution in [2.24, 2.45) is 0 Å². The summed E-state index contributed by atoms with van der Waals surface area (Å²) in [5.41, 5.74) is 1.89. The Hall–Kier alpha value is -1.55. The number of carbonyl (C=O) groups is 1. The standard InChI is InChI=1S/C17H21ClN2O2/c1-17(2,3)22-16(21)20-13-4-5-14(20)9-12(8-13)11-6-7-19-15(18)10-11/h6-8,10,13-14H,4-5,9H2,1-3H3. The first kappa shape index (κ1) is 15.3. The lowest BCUT2D eigenvalue weighted by Crippen LogP contribution is -2.45. The molecule has 2 unspecified atom stereocenters. The van der Waals surface area contributed by atoms with Gasteiger partial charge in [0.1, 0.15) is 10.8 Å². The zero-order valence-electron chi connectivity index (χ0n) is 13.2. The third-order valence-corrected chi connectivity index (χ3v) is 4.30. The molecule has 0 aromatic carbocycles. The number of amides is 1. The molecule has 1 saturated heterocycles. The fourth-order valence-electron chi connectivity index (χ4n) is 3.25. The molecular weight excluding hydrogens is 300 g/mol. The monoisotopic (exact) mass is 320 g/mol. The molecule has 3 heterocycles. The average molecular weight is 321 g/mol. The highest BCUT2D eigenvalue weighted by atomic mass is 35.5. The number of halogens is 1. The summed E-state index contributed by atoms with van der Waals surface area (Å²) in [7, 11) is 0. The fourth-order valence-corrected chi connectivity index (χ4v) is 3.42. The Labute approximate surface area is 136 Å². The van der Waals surface area contributed by atoms with Crippen molar-refractivity contribution in [2.75, 3.05) is 0 Å². The van der Waals surface area contributed by atoms with E-state index in [0.29, 0.717) is 5.15 Å². The third-order valence-electron chi connectivity index (χ3n) is 4.10. The molecule has 4 nitrogen and oxygen atoms in total. The average Bonchev–Trinajstić information content (AvgIpc) is 2.68. The molecule has 0 radical (unpaired) electrons. The molecular formula is C17H21ClN2O2. The van der Waals surface area contributed by atoms with Gasteiger partial charge in [-0.25, -0.2) is 9.78 Å². The van der Waals surface area contributed by atoms with Crippen molar-refractivity contribution in [3.05, 3.63) is 35.1 Å². The van der Waals surface area contributed by atoms with Gasteiger partial charge in [0.15, 0.2) is 0 Å². The van der Waals surface area contributed by atoms with Crippen LogP contribution in [0.3, 0.4) is 0 Å². The van der Waals surface area contributed by atoms with Crippen molar-refractivity contribution in [3.63, 3.8) is 0 Å². The molecule has 2 atom stereocenters. The van der Waals surface area contributed by atoms with Crippen LogP contribution in [0.1, 0.15) is 45.6 Å². The van der Waals surface area contributed by atoms with Gasteiger partial charge in [0.2, 0.25) is 0 Å². The number of ether oxygens (including phenoxy) is 1. The van der Waals surface area contributed by atoms with E-state index in [-0.39, 0.29) is 18.2 Å². The van der Waals surface area contributed by atoms with Crippen LogP contribution in [-0.4, -0.2) is 33.7 Å². The van der Waals surface area contributed by atoms with E-state index in [9.17, 15) is 4.79 Å². The molecule has 5 heteroatoms. The number of fused-ring (bicyclic) bond motifs is 2. The van der Waals surface area contributed by atoms with Crippen molar-refractivity contribution >= 4 is 23.3 Å². The highest BCUT2D eigenvalue weighted by molar-refractivity contribution is 6.29. The lowest BCUT2D eigenvalue weighted by molar-refractivity contribution is 0.0175. The van der Waals surface area contributed by atoms with Gasteiger partial charge in [0, 0.05) is 12.2 Å². The van der Waals surface area contributed by atoms with Gasteiger partial charge in [-0.1, -0.05) is 17.7 Å². The van der Waals surface area contributed by atoms with Gasteiger partial charge >= 0.3 is 6.09 Å². The minimum atomic E-state index is -0.459. The second-order valence-corrected chi connectivity index (χ2v) is 7.34. The molecule has 1 amide bonds. The van der Waals surface area contributed by atoms with E-state index >= 15 is 0 Å². The Morgan fingerprint density at radius 1 is 1.41 bits per heavy atom. The van der Waals surface area contributed by atoms with E-state index in [1.807, 2.05) is 37.8 Å². The minimum Gasteiger partial charge on any atom is -0.444 e. The van der Waals surface area contributed by atoms with Crippen LogP contribution in [0.5, 0.6) is 0 Å². The summed E-state index contributed by atoms with van der Waals surface area (Å²) in [5, 5.41) is 0.500. The Bertz CT molecular complexity index is 621. The normalized spacial score (nSPS) is 24.2. The maximum atomic E-state index is 12.4. The molecule has 1 fully saturated rings. The molecule has 0 spiro atoms. The number of pyridine rings is 1. The topological polar surface area (TPSA) is 42.4 Å². The number of nitrogens with zero attached hydrogens (tertiary/aromatic N) is 2. The van der Waals surface area contributed by atoms with Crippen LogP contribution in [0.25, 0.3) is 5.57 Å². The zero-order valence-corrected chi connectivity index (χ0v) is 13.9. The summed E-state index contributed by atoms with van der Waals surface area (Å²) in [5.74, 6) is 0. The van der Waals surface area contributed by atoms with Crippen LogP contribution in [0.2, 0.25) is 5.15 Å². The first-order valence-electron chi connectivity index (χ1n) is 7.67. The van der Waals surface area contributed by atoms with Crippen LogP contribution in [0.4, 0.5) is 4.79 Å². The van der Waals surface area contributed by atoms with Crippen molar-refractivity contribution in [1.29, 1.82) is 0 Å². The summed E-state index contributed by atoms with van der Waals surface area (Å²) in [6.07, 6.45) is 6.55. The van der Waals surface area contributed by atoms with Gasteiger partial charge in [-0.05, 0) is 63.3 Å². The number of rotatable bonds is 1. The Morgan fingerprint density at radius 2 is 2.18 bits per heavy atom. The van der Waals surface area contributed by atoms with Gasteiger partial charge in [-0.3, -0.25) is 4.90 Å². The van der Waals surface area contributed by atoms with Crippen molar-refractivity contribution < 1.29 is 9.53 Å². The van der Waals surface area contributed by atoms with Crippen LogP contribution < -0.4 is 0 Å². The molecule has 1 aromatic rings. The van der Waals surface area contributed by atoms with Crippen LogP contribution in [0, 0.1) is 0 Å². The Balaban J connectivity index is 1.82. The summed E-state index contributed by atoms with van der Waals surface area (Å²) < 4.78 is 5.54. The Morgan fingerprint density at radius 3 is 2.82 bits per heavy atom. The van der Waals surface area contributed by atoms with E-state index in [4.69, 9.17) is 16.3 Å². The number of carbonyl (C=O) groups excluding carboxylic acids is 1. The maximum absolute atomic E-state index is 12.4. The molecule has 0 N–H and O–H groups in total. The molecule has 118 valence electrons. The van der Waals surface area contributed by atoms with E-state index in [1.165, 1.54) is 5.57 Å². The highest BCUT2D eigenvalue weighted by Crippen LogP contribution is 2.39. The fraction of sp³-hybridized carbons (Fsp3) is 0.529. The lowest BCUT2D eigenvalue weighted by Gasteiger charge is -2.35. The zero-order chi connectivity index (χ0) is 15.9. The first-order chi connectivity index (χ1) is 10.3. The molecule has 0 saturated carbocycles. The molecule has 2 bridgehead atoms. The van der Waals surface area contributed by atoms with Crippen LogP contribution in [0.15, 0.2) is 24.4 Å². The smallest absolute Gasteiger partial charge is 0.411 e. The summed E-state index contributed by atoms with van der Waals surface area (Å²) in [6.45, 7) is 5.70. The maximum Gasteiger partial charge on any atom is 0.411 e. The van der Waals surface area contributed by atoms with Gasteiger partial charge in [0.05, 0.1) is 6.04 Å². The number of hydrogen-bond donors (Lipinski definition) is 0. The summed E-state index contributed by atoms with van der Waals surface area (Å²) in [4.78, 5) is 18.3. The predicted molar refractivity (Wildman–Crippen MR) is 86.7 cm³/mol. The van der Waals surface area contributed by atoms with E-state index in [0.717, 1.165) is 24.8 Å². The van der Waals surface area contributed by atoms with Crippen molar-refractivity contribution in [3.8, 4) is 0 Å². The number of aromatic nitrogens is 1. The van der Waals surface area contributed by atoms with E-state index in [2.05, 4.69) is 11.1 Å². The van der Waals surface area contributed by atoms with E-state index in [1.54, 1.807) is 6.20 Å². The SMILES string of the molecule is CC(C)(C)OC(=O)N1C2C=C(c3ccnc(Cl)c3)CC1CC2. The van der Waals surface area contributed by atoms with Crippen molar-refractivity contribution in [1.82, 2.24) is 9.88 Å². The molecule has 1 aromatic heterocycles. The van der Waals surface area contributed by atoms with Crippen LogP contribution in [-0.2, 0) is 4.74 Å².